The first-order valence-corrected chi connectivity index (χ1v) is 9.13. The first-order chi connectivity index (χ1) is 11.7. The topological polar surface area (TPSA) is 85.2 Å². The highest BCUT2D eigenvalue weighted by molar-refractivity contribution is 5.97. The van der Waals surface area contributed by atoms with Crippen molar-refractivity contribution in [2.45, 2.75) is 63.8 Å². The van der Waals surface area contributed by atoms with Gasteiger partial charge >= 0.3 is 0 Å². The Morgan fingerprint density at radius 1 is 1.25 bits per heavy atom. The van der Waals surface area contributed by atoms with E-state index in [0.717, 1.165) is 25.8 Å². The lowest BCUT2D eigenvalue weighted by atomic mass is 10.1. The average Bonchev–Trinajstić information content (AvgIpc) is 2.83. The Balaban J connectivity index is 1.69. The second-order valence-electron chi connectivity index (χ2n) is 6.62. The normalized spacial score (nSPS) is 19.7. The van der Waals surface area contributed by atoms with Crippen molar-refractivity contribution in [2.24, 2.45) is 0 Å². The standard InChI is InChI=1S/C18H28N4O2/c19-13-15(14-21-16-7-3-1-2-4-8-16)18(24)20-10-6-12-22-11-5-9-17(22)23/h14,16,21H,1-12H2,(H,20,24)/b15-14-. The molecule has 2 N–H and O–H groups in total. The van der Waals surface area contributed by atoms with Crippen LogP contribution in [0.4, 0.5) is 0 Å². The molecule has 24 heavy (non-hydrogen) atoms. The van der Waals surface area contributed by atoms with E-state index in [2.05, 4.69) is 10.6 Å². The average molecular weight is 332 g/mol. The highest BCUT2D eigenvalue weighted by atomic mass is 16.2. The summed E-state index contributed by atoms with van der Waals surface area (Å²) in [5.41, 5.74) is 0.122. The van der Waals surface area contributed by atoms with E-state index >= 15 is 0 Å². The largest absolute Gasteiger partial charge is 0.387 e. The van der Waals surface area contributed by atoms with Crippen LogP contribution >= 0.6 is 0 Å². The molecule has 2 amide bonds. The molecule has 6 nitrogen and oxygen atoms in total. The van der Waals surface area contributed by atoms with E-state index in [0.29, 0.717) is 32.0 Å². The summed E-state index contributed by atoms with van der Waals surface area (Å²) in [7, 11) is 0. The van der Waals surface area contributed by atoms with Crippen molar-refractivity contribution in [3.63, 3.8) is 0 Å². The third kappa shape index (κ3) is 5.88. The van der Waals surface area contributed by atoms with Crippen LogP contribution in [0.3, 0.4) is 0 Å². The molecule has 1 heterocycles. The fourth-order valence-electron chi connectivity index (χ4n) is 3.30. The first-order valence-electron chi connectivity index (χ1n) is 9.13. The Kier molecular flexibility index (Phi) is 7.60. The zero-order valence-electron chi connectivity index (χ0n) is 14.4. The summed E-state index contributed by atoms with van der Waals surface area (Å²) in [6, 6.07) is 2.33. The van der Waals surface area contributed by atoms with Gasteiger partial charge in [-0.3, -0.25) is 9.59 Å². The quantitative estimate of drug-likeness (QED) is 0.322. The molecule has 1 aliphatic heterocycles. The summed E-state index contributed by atoms with van der Waals surface area (Å²) in [5.74, 6) is -0.141. The molecule has 0 unspecified atom stereocenters. The molecule has 1 saturated heterocycles. The fourth-order valence-corrected chi connectivity index (χ4v) is 3.30. The van der Waals surface area contributed by atoms with Gasteiger partial charge in [0.05, 0.1) is 0 Å². The number of carbonyl (C=O) groups is 2. The fraction of sp³-hybridized carbons (Fsp3) is 0.722. The third-order valence-corrected chi connectivity index (χ3v) is 4.75. The third-order valence-electron chi connectivity index (χ3n) is 4.75. The molecule has 0 aromatic carbocycles. The molecule has 0 bridgehead atoms. The van der Waals surface area contributed by atoms with Crippen LogP contribution in [0.15, 0.2) is 11.8 Å². The van der Waals surface area contributed by atoms with Gasteiger partial charge in [-0.1, -0.05) is 25.7 Å². The van der Waals surface area contributed by atoms with Gasteiger partial charge in [0.2, 0.25) is 5.91 Å². The minimum absolute atomic E-state index is 0.122. The Morgan fingerprint density at radius 2 is 2.00 bits per heavy atom. The van der Waals surface area contributed by atoms with E-state index in [1.807, 2.05) is 11.0 Å². The van der Waals surface area contributed by atoms with Crippen molar-refractivity contribution in [1.82, 2.24) is 15.5 Å². The van der Waals surface area contributed by atoms with E-state index in [4.69, 9.17) is 0 Å². The van der Waals surface area contributed by atoms with Gasteiger partial charge in [-0.25, -0.2) is 0 Å². The molecule has 0 radical (unpaired) electrons. The predicted octanol–water partition coefficient (Wildman–Crippen LogP) is 1.83. The van der Waals surface area contributed by atoms with E-state index < -0.39 is 0 Å². The monoisotopic (exact) mass is 332 g/mol. The lowest BCUT2D eigenvalue weighted by Crippen LogP contribution is -2.32. The van der Waals surface area contributed by atoms with Crippen LogP contribution in [-0.2, 0) is 9.59 Å². The zero-order valence-corrected chi connectivity index (χ0v) is 14.4. The molecule has 0 spiro atoms. The number of amides is 2. The van der Waals surface area contributed by atoms with E-state index in [1.54, 1.807) is 6.20 Å². The number of nitriles is 1. The van der Waals surface area contributed by atoms with Crippen molar-refractivity contribution in [2.75, 3.05) is 19.6 Å². The van der Waals surface area contributed by atoms with Crippen molar-refractivity contribution < 1.29 is 9.59 Å². The van der Waals surface area contributed by atoms with Gasteiger partial charge in [0.1, 0.15) is 11.6 Å². The van der Waals surface area contributed by atoms with Gasteiger partial charge in [-0.15, -0.1) is 0 Å². The Bertz CT molecular complexity index is 502. The summed E-state index contributed by atoms with van der Waals surface area (Å²) in [6.07, 6.45) is 11.0. The van der Waals surface area contributed by atoms with E-state index in [1.165, 1.54) is 25.7 Å². The van der Waals surface area contributed by atoms with Crippen molar-refractivity contribution in [1.29, 1.82) is 5.26 Å². The minimum atomic E-state index is -0.341. The van der Waals surface area contributed by atoms with Gasteiger partial charge < -0.3 is 15.5 Å². The molecule has 0 aromatic rings. The van der Waals surface area contributed by atoms with Gasteiger partial charge in [0, 0.05) is 38.3 Å². The van der Waals surface area contributed by atoms with Crippen molar-refractivity contribution >= 4 is 11.8 Å². The minimum Gasteiger partial charge on any atom is -0.387 e. The summed E-state index contributed by atoms with van der Waals surface area (Å²) in [6.45, 7) is 1.97. The summed E-state index contributed by atoms with van der Waals surface area (Å²) in [5, 5.41) is 15.2. The molecule has 132 valence electrons. The van der Waals surface area contributed by atoms with Gasteiger partial charge in [0.25, 0.3) is 5.91 Å². The lowest BCUT2D eigenvalue weighted by Gasteiger charge is -2.16. The van der Waals surface area contributed by atoms with Crippen LogP contribution in [0.2, 0.25) is 0 Å². The van der Waals surface area contributed by atoms with Crippen LogP contribution in [0.25, 0.3) is 0 Å². The molecule has 1 aliphatic carbocycles. The number of nitrogens with one attached hydrogen (secondary N) is 2. The maximum atomic E-state index is 12.1. The Morgan fingerprint density at radius 3 is 2.62 bits per heavy atom. The maximum absolute atomic E-state index is 12.1. The second kappa shape index (κ2) is 9.96. The number of hydrogen-bond donors (Lipinski definition) is 2. The molecular formula is C18H28N4O2. The number of nitrogens with zero attached hydrogens (tertiary/aromatic N) is 2. The van der Waals surface area contributed by atoms with Crippen molar-refractivity contribution in [3.8, 4) is 6.07 Å². The molecule has 2 fully saturated rings. The number of carbonyl (C=O) groups excluding carboxylic acids is 2. The maximum Gasteiger partial charge on any atom is 0.263 e. The Hall–Kier alpha value is -2.03. The number of hydrogen-bond acceptors (Lipinski definition) is 4. The SMILES string of the molecule is N#C/C(=C/NC1CCCCCC1)C(=O)NCCCN1CCCC1=O. The van der Waals surface area contributed by atoms with Crippen LogP contribution in [0.1, 0.15) is 57.8 Å². The number of rotatable bonds is 7. The number of likely N-dealkylation sites (tertiary alicyclic amines) is 1. The summed E-state index contributed by atoms with van der Waals surface area (Å²) >= 11 is 0. The van der Waals surface area contributed by atoms with Gasteiger partial charge in [-0.05, 0) is 25.7 Å². The van der Waals surface area contributed by atoms with Crippen molar-refractivity contribution in [3.05, 3.63) is 11.8 Å². The molecule has 2 rings (SSSR count). The molecule has 0 atom stereocenters. The first kappa shape index (κ1) is 18.3. The van der Waals surface area contributed by atoms with E-state index in [-0.39, 0.29) is 17.4 Å². The van der Waals surface area contributed by atoms with Crippen LogP contribution in [-0.4, -0.2) is 42.4 Å². The van der Waals surface area contributed by atoms with Crippen LogP contribution < -0.4 is 10.6 Å². The second-order valence-corrected chi connectivity index (χ2v) is 6.62. The van der Waals surface area contributed by atoms with Crippen LogP contribution in [0.5, 0.6) is 0 Å². The summed E-state index contributed by atoms with van der Waals surface area (Å²) < 4.78 is 0. The van der Waals surface area contributed by atoms with Crippen LogP contribution in [0, 0.1) is 11.3 Å². The molecule has 6 heteroatoms. The zero-order chi connectivity index (χ0) is 17.2. The smallest absolute Gasteiger partial charge is 0.263 e. The van der Waals surface area contributed by atoms with Gasteiger partial charge in [0.15, 0.2) is 0 Å². The molecule has 0 aromatic heterocycles. The van der Waals surface area contributed by atoms with Gasteiger partial charge in [-0.2, -0.15) is 5.26 Å². The summed E-state index contributed by atoms with van der Waals surface area (Å²) in [4.78, 5) is 25.4. The van der Waals surface area contributed by atoms with E-state index in [9.17, 15) is 14.9 Å². The lowest BCUT2D eigenvalue weighted by molar-refractivity contribution is -0.127. The molecule has 2 aliphatic rings. The highest BCUT2D eigenvalue weighted by Gasteiger charge is 2.19. The molecule has 1 saturated carbocycles. The molecular weight excluding hydrogens is 304 g/mol. The Labute approximate surface area is 144 Å². The highest BCUT2D eigenvalue weighted by Crippen LogP contribution is 2.17. The predicted molar refractivity (Wildman–Crippen MR) is 91.8 cm³/mol.